The molecule has 1 aliphatic rings. The summed E-state index contributed by atoms with van der Waals surface area (Å²) < 4.78 is 0.946. The third-order valence-corrected chi connectivity index (χ3v) is 4.47. The van der Waals surface area contributed by atoms with Gasteiger partial charge < -0.3 is 15.5 Å². The van der Waals surface area contributed by atoms with Crippen LogP contribution < -0.4 is 10.6 Å². The van der Waals surface area contributed by atoms with Crippen LogP contribution in [0, 0.1) is 0 Å². The number of hydrogen-bond donors (Lipinski definition) is 1. The van der Waals surface area contributed by atoms with Gasteiger partial charge in [-0.15, -0.1) is 0 Å². The largest absolute Gasteiger partial charge is 0.397 e. The summed E-state index contributed by atoms with van der Waals surface area (Å²) in [4.78, 5) is 16.5. The molecule has 2 rings (SSSR count). The molecule has 5 heteroatoms. The summed E-state index contributed by atoms with van der Waals surface area (Å²) in [7, 11) is 1.92. The number of nitrogens with two attached hydrogens (primary N) is 1. The molecular weight excluding hydrogens is 318 g/mol. The fourth-order valence-electron chi connectivity index (χ4n) is 2.60. The molecule has 0 saturated carbocycles. The van der Waals surface area contributed by atoms with Crippen molar-refractivity contribution in [2.75, 3.05) is 30.8 Å². The molecule has 1 aromatic carbocycles. The Bertz CT molecular complexity index is 486. The second-order valence-electron chi connectivity index (χ2n) is 5.38. The Hall–Kier alpha value is -1.23. The molecule has 0 radical (unpaired) electrons. The number of halogens is 1. The number of likely N-dealkylation sites (N-methyl/N-ethyl adjacent to an activating group) is 1. The van der Waals surface area contributed by atoms with Crippen LogP contribution in [-0.4, -0.2) is 37.0 Å². The van der Waals surface area contributed by atoms with Gasteiger partial charge in [-0.25, -0.2) is 0 Å². The average molecular weight is 340 g/mol. The first-order valence-corrected chi connectivity index (χ1v) is 7.86. The monoisotopic (exact) mass is 339 g/mol. The molecule has 1 saturated heterocycles. The van der Waals surface area contributed by atoms with Gasteiger partial charge in [0.05, 0.1) is 11.4 Å². The van der Waals surface area contributed by atoms with Gasteiger partial charge in [0.15, 0.2) is 0 Å². The molecule has 1 fully saturated rings. The van der Waals surface area contributed by atoms with Crippen LogP contribution in [0.5, 0.6) is 0 Å². The number of nitrogen functional groups attached to an aromatic ring is 1. The predicted octanol–water partition coefficient (Wildman–Crippen LogP) is 2.87. The second-order valence-corrected chi connectivity index (χ2v) is 6.29. The topological polar surface area (TPSA) is 49.6 Å². The van der Waals surface area contributed by atoms with E-state index in [1.807, 2.05) is 42.0 Å². The zero-order valence-electron chi connectivity index (χ0n) is 12.1. The first kappa shape index (κ1) is 15.2. The number of benzene rings is 1. The number of anilines is 2. The van der Waals surface area contributed by atoms with Crippen molar-refractivity contribution in [3.8, 4) is 0 Å². The minimum atomic E-state index is -0.198. The van der Waals surface area contributed by atoms with E-state index in [9.17, 15) is 4.79 Å². The first-order chi connectivity index (χ1) is 9.50. The summed E-state index contributed by atoms with van der Waals surface area (Å²) in [6.07, 6.45) is 3.46. The van der Waals surface area contributed by atoms with Gasteiger partial charge in [-0.05, 0) is 44.4 Å². The number of nitrogens with zero attached hydrogens (tertiary/aromatic N) is 2. The maximum absolute atomic E-state index is 12.5. The molecule has 1 atom stereocenters. The van der Waals surface area contributed by atoms with E-state index in [0.29, 0.717) is 5.69 Å². The molecule has 1 amide bonds. The fourth-order valence-corrected chi connectivity index (χ4v) is 2.98. The Morgan fingerprint density at radius 2 is 2.00 bits per heavy atom. The van der Waals surface area contributed by atoms with Crippen LogP contribution in [0.15, 0.2) is 22.7 Å². The third kappa shape index (κ3) is 3.26. The van der Waals surface area contributed by atoms with E-state index in [0.717, 1.165) is 36.1 Å². The molecule has 2 N–H and O–H groups in total. The number of hydrogen-bond acceptors (Lipinski definition) is 3. The summed E-state index contributed by atoms with van der Waals surface area (Å²) in [5.41, 5.74) is 7.62. The Morgan fingerprint density at radius 1 is 1.35 bits per heavy atom. The van der Waals surface area contributed by atoms with Crippen LogP contribution >= 0.6 is 15.9 Å². The van der Waals surface area contributed by atoms with Gasteiger partial charge in [-0.2, -0.15) is 0 Å². The second kappa shape index (κ2) is 6.48. The highest BCUT2D eigenvalue weighted by Gasteiger charge is 2.25. The standard InChI is InChI=1S/C15H22BrN3O/c1-11(15(20)19-8-4-3-5-9-19)18(2)14-7-6-12(16)10-13(14)17/h6-7,10-11H,3-5,8-9,17H2,1-2H3. The SMILES string of the molecule is CC(C(=O)N1CCCCC1)N(C)c1ccc(Br)cc1N. The molecule has 1 heterocycles. The third-order valence-electron chi connectivity index (χ3n) is 3.98. The molecule has 1 aliphatic heterocycles. The van der Waals surface area contributed by atoms with E-state index < -0.39 is 0 Å². The van der Waals surface area contributed by atoms with Gasteiger partial charge in [0.2, 0.25) is 5.91 Å². The van der Waals surface area contributed by atoms with E-state index in [2.05, 4.69) is 15.9 Å². The van der Waals surface area contributed by atoms with Crippen LogP contribution in [0.25, 0.3) is 0 Å². The van der Waals surface area contributed by atoms with Gasteiger partial charge in [-0.3, -0.25) is 4.79 Å². The lowest BCUT2D eigenvalue weighted by atomic mass is 10.1. The molecule has 1 aromatic rings. The molecule has 0 bridgehead atoms. The highest BCUT2D eigenvalue weighted by molar-refractivity contribution is 9.10. The summed E-state index contributed by atoms with van der Waals surface area (Å²) in [5, 5.41) is 0. The summed E-state index contributed by atoms with van der Waals surface area (Å²) in [6.45, 7) is 3.71. The van der Waals surface area contributed by atoms with Crippen LogP contribution in [0.4, 0.5) is 11.4 Å². The zero-order valence-corrected chi connectivity index (χ0v) is 13.7. The lowest BCUT2D eigenvalue weighted by Crippen LogP contribution is -2.47. The number of carbonyl (C=O) groups is 1. The quantitative estimate of drug-likeness (QED) is 0.861. The Kier molecular flexibility index (Phi) is 4.91. The fraction of sp³-hybridized carbons (Fsp3) is 0.533. The summed E-state index contributed by atoms with van der Waals surface area (Å²) in [6, 6.07) is 5.56. The van der Waals surface area contributed by atoms with E-state index in [-0.39, 0.29) is 11.9 Å². The van der Waals surface area contributed by atoms with Gasteiger partial charge >= 0.3 is 0 Å². The minimum absolute atomic E-state index is 0.189. The maximum atomic E-state index is 12.5. The normalized spacial score (nSPS) is 16.9. The van der Waals surface area contributed by atoms with Crippen molar-refractivity contribution in [1.82, 2.24) is 4.90 Å². The Morgan fingerprint density at radius 3 is 2.60 bits per heavy atom. The van der Waals surface area contributed by atoms with Gasteiger partial charge in [0.1, 0.15) is 6.04 Å². The minimum Gasteiger partial charge on any atom is -0.397 e. The molecule has 110 valence electrons. The lowest BCUT2D eigenvalue weighted by Gasteiger charge is -2.34. The van der Waals surface area contributed by atoms with Gasteiger partial charge in [0.25, 0.3) is 0 Å². The highest BCUT2D eigenvalue weighted by atomic mass is 79.9. The molecule has 20 heavy (non-hydrogen) atoms. The molecule has 0 spiro atoms. The number of amides is 1. The van der Waals surface area contributed by atoms with Crippen molar-refractivity contribution < 1.29 is 4.79 Å². The van der Waals surface area contributed by atoms with E-state index in [4.69, 9.17) is 5.73 Å². The van der Waals surface area contributed by atoms with Crippen molar-refractivity contribution in [2.45, 2.75) is 32.2 Å². The van der Waals surface area contributed by atoms with Crippen LogP contribution in [0.1, 0.15) is 26.2 Å². The molecular formula is C15H22BrN3O. The highest BCUT2D eigenvalue weighted by Crippen LogP contribution is 2.27. The van der Waals surface area contributed by atoms with Crippen LogP contribution in [0.3, 0.4) is 0 Å². The zero-order chi connectivity index (χ0) is 14.7. The Labute approximate surface area is 129 Å². The molecule has 0 aliphatic carbocycles. The predicted molar refractivity (Wildman–Crippen MR) is 86.9 cm³/mol. The van der Waals surface area contributed by atoms with Crippen molar-refractivity contribution >= 4 is 33.2 Å². The lowest BCUT2D eigenvalue weighted by molar-refractivity contribution is -0.133. The molecule has 4 nitrogen and oxygen atoms in total. The number of piperidine rings is 1. The summed E-state index contributed by atoms with van der Waals surface area (Å²) in [5.74, 6) is 0.189. The summed E-state index contributed by atoms with van der Waals surface area (Å²) >= 11 is 3.40. The van der Waals surface area contributed by atoms with Crippen molar-refractivity contribution in [1.29, 1.82) is 0 Å². The van der Waals surface area contributed by atoms with E-state index in [1.54, 1.807) is 0 Å². The molecule has 1 unspecified atom stereocenters. The first-order valence-electron chi connectivity index (χ1n) is 7.07. The van der Waals surface area contributed by atoms with Crippen molar-refractivity contribution in [3.63, 3.8) is 0 Å². The van der Waals surface area contributed by atoms with Crippen LogP contribution in [-0.2, 0) is 4.79 Å². The van der Waals surface area contributed by atoms with E-state index in [1.165, 1.54) is 6.42 Å². The van der Waals surface area contributed by atoms with E-state index >= 15 is 0 Å². The van der Waals surface area contributed by atoms with Gasteiger partial charge in [0, 0.05) is 24.6 Å². The Balaban J connectivity index is 2.10. The number of carbonyl (C=O) groups excluding carboxylic acids is 1. The number of rotatable bonds is 3. The maximum Gasteiger partial charge on any atom is 0.244 e. The van der Waals surface area contributed by atoms with Crippen molar-refractivity contribution in [3.05, 3.63) is 22.7 Å². The average Bonchev–Trinajstić information content (AvgIpc) is 2.46. The van der Waals surface area contributed by atoms with Crippen molar-refractivity contribution in [2.24, 2.45) is 0 Å². The number of likely N-dealkylation sites (tertiary alicyclic amines) is 1. The van der Waals surface area contributed by atoms with Gasteiger partial charge in [-0.1, -0.05) is 15.9 Å². The van der Waals surface area contributed by atoms with Crippen LogP contribution in [0.2, 0.25) is 0 Å². The smallest absolute Gasteiger partial charge is 0.244 e. The molecule has 0 aromatic heterocycles.